The number of nitrogens with zero attached hydrogens (tertiary/aromatic N) is 5. The van der Waals surface area contributed by atoms with Crippen LogP contribution in [0.25, 0.3) is 28.3 Å². The highest BCUT2D eigenvalue weighted by atomic mass is 16.2. The third kappa shape index (κ3) is 4.27. The fourth-order valence-corrected chi connectivity index (χ4v) is 3.62. The Morgan fingerprint density at radius 2 is 1.70 bits per heavy atom. The number of anilines is 2. The molecular formula is C25H21N7O. The van der Waals surface area contributed by atoms with E-state index in [0.29, 0.717) is 17.2 Å². The maximum atomic E-state index is 12.5. The van der Waals surface area contributed by atoms with Crippen molar-refractivity contribution in [3.05, 3.63) is 90.3 Å². The lowest BCUT2D eigenvalue weighted by molar-refractivity contribution is 0.262. The number of carbonyl (C=O) groups excluding carboxylic acids is 1. The summed E-state index contributed by atoms with van der Waals surface area (Å²) < 4.78 is 1.71. The molecule has 8 nitrogen and oxygen atoms in total. The zero-order chi connectivity index (χ0) is 22.8. The Balaban J connectivity index is 1.40. The molecule has 3 aromatic heterocycles. The Bertz CT molecular complexity index is 1460. The van der Waals surface area contributed by atoms with Crippen LogP contribution in [0, 0.1) is 13.8 Å². The lowest BCUT2D eigenvalue weighted by Crippen LogP contribution is -2.20. The van der Waals surface area contributed by atoms with E-state index in [-0.39, 0.29) is 6.03 Å². The van der Waals surface area contributed by atoms with Crippen molar-refractivity contribution in [3.8, 4) is 22.6 Å². The van der Waals surface area contributed by atoms with Crippen molar-refractivity contribution >= 4 is 23.1 Å². The van der Waals surface area contributed by atoms with E-state index in [0.717, 1.165) is 33.6 Å². The monoisotopic (exact) mass is 435 g/mol. The lowest BCUT2D eigenvalue weighted by atomic mass is 10.1. The summed E-state index contributed by atoms with van der Waals surface area (Å²) in [6, 6.07) is 20.6. The van der Waals surface area contributed by atoms with E-state index in [1.807, 2.05) is 80.6 Å². The molecule has 2 N–H and O–H groups in total. The van der Waals surface area contributed by atoms with Gasteiger partial charge in [0.05, 0.1) is 5.69 Å². The molecule has 0 unspecified atom stereocenters. The fraction of sp³-hybridized carbons (Fsp3) is 0.0800. The highest BCUT2D eigenvalue weighted by molar-refractivity contribution is 6.00. The van der Waals surface area contributed by atoms with E-state index >= 15 is 0 Å². The second-order valence-electron chi connectivity index (χ2n) is 7.73. The van der Waals surface area contributed by atoms with Gasteiger partial charge >= 0.3 is 6.03 Å². The van der Waals surface area contributed by atoms with E-state index in [2.05, 4.69) is 25.8 Å². The third-order valence-electron chi connectivity index (χ3n) is 5.25. The minimum atomic E-state index is -0.304. The Kier molecular flexibility index (Phi) is 5.24. The highest BCUT2D eigenvalue weighted by Gasteiger charge is 2.12. The molecule has 0 aliphatic heterocycles. The predicted molar refractivity (Wildman–Crippen MR) is 128 cm³/mol. The molecule has 0 fully saturated rings. The van der Waals surface area contributed by atoms with Gasteiger partial charge in [-0.25, -0.2) is 4.79 Å². The van der Waals surface area contributed by atoms with E-state index in [9.17, 15) is 4.79 Å². The van der Waals surface area contributed by atoms with Crippen molar-refractivity contribution in [2.24, 2.45) is 0 Å². The van der Waals surface area contributed by atoms with E-state index < -0.39 is 0 Å². The maximum Gasteiger partial charge on any atom is 0.323 e. The van der Waals surface area contributed by atoms with Crippen molar-refractivity contribution < 1.29 is 4.79 Å². The number of rotatable bonds is 4. The number of benzene rings is 2. The molecule has 0 radical (unpaired) electrons. The van der Waals surface area contributed by atoms with Gasteiger partial charge in [0.15, 0.2) is 11.5 Å². The van der Waals surface area contributed by atoms with Gasteiger partial charge in [-0.1, -0.05) is 29.8 Å². The van der Waals surface area contributed by atoms with Gasteiger partial charge in [0.25, 0.3) is 0 Å². The van der Waals surface area contributed by atoms with Crippen molar-refractivity contribution in [3.63, 3.8) is 0 Å². The Hall–Kier alpha value is -4.59. The van der Waals surface area contributed by atoms with Gasteiger partial charge in [-0.2, -0.15) is 9.61 Å². The average molecular weight is 435 g/mol. The molecule has 0 bridgehead atoms. The number of amides is 2. The normalized spacial score (nSPS) is 10.8. The first-order valence-electron chi connectivity index (χ1n) is 10.5. The van der Waals surface area contributed by atoms with Crippen molar-refractivity contribution in [1.29, 1.82) is 0 Å². The summed E-state index contributed by atoms with van der Waals surface area (Å²) in [7, 11) is 0. The summed E-state index contributed by atoms with van der Waals surface area (Å²) >= 11 is 0. The van der Waals surface area contributed by atoms with E-state index in [1.165, 1.54) is 0 Å². The molecule has 0 atom stereocenters. The van der Waals surface area contributed by atoms with Gasteiger partial charge in [-0.15, -0.1) is 10.2 Å². The molecule has 5 rings (SSSR count). The van der Waals surface area contributed by atoms with E-state index in [4.69, 9.17) is 5.10 Å². The van der Waals surface area contributed by atoms with Crippen LogP contribution in [-0.4, -0.2) is 30.8 Å². The summed E-state index contributed by atoms with van der Waals surface area (Å²) in [5.41, 5.74) is 6.71. The summed E-state index contributed by atoms with van der Waals surface area (Å²) in [6.45, 7) is 3.99. The molecule has 162 valence electrons. The van der Waals surface area contributed by atoms with Gasteiger partial charge < -0.3 is 10.6 Å². The SMILES string of the molecule is Cc1ccc(NC(=O)Nc2cccc(-c3ccc4nnc(-c5ccncc5)n4n3)c2)c(C)c1. The Morgan fingerprint density at radius 1 is 0.848 bits per heavy atom. The number of hydrogen-bond acceptors (Lipinski definition) is 5. The quantitative estimate of drug-likeness (QED) is 0.409. The number of carbonyl (C=O) groups is 1. The molecule has 0 aliphatic rings. The first kappa shape index (κ1) is 20.3. The summed E-state index contributed by atoms with van der Waals surface area (Å²) in [5, 5.41) is 19.0. The molecule has 0 aliphatic carbocycles. The number of pyridine rings is 1. The first-order valence-corrected chi connectivity index (χ1v) is 10.5. The minimum Gasteiger partial charge on any atom is -0.308 e. The number of hydrogen-bond donors (Lipinski definition) is 2. The molecule has 0 spiro atoms. The average Bonchev–Trinajstić information content (AvgIpc) is 3.25. The largest absolute Gasteiger partial charge is 0.323 e. The molecule has 3 heterocycles. The minimum absolute atomic E-state index is 0.304. The smallest absolute Gasteiger partial charge is 0.308 e. The summed E-state index contributed by atoms with van der Waals surface area (Å²) in [6.07, 6.45) is 3.41. The molecule has 2 amide bonds. The third-order valence-corrected chi connectivity index (χ3v) is 5.25. The molecule has 5 aromatic rings. The standard InChI is InChI=1S/C25H21N7O/c1-16-6-7-21(17(2)14-16)28-25(33)27-20-5-3-4-19(15-20)22-8-9-23-29-30-24(32(23)31-22)18-10-12-26-13-11-18/h3-15H,1-2H3,(H2,27,28,33). The molecule has 33 heavy (non-hydrogen) atoms. The van der Waals surface area contributed by atoms with Crippen LogP contribution in [0.1, 0.15) is 11.1 Å². The van der Waals surface area contributed by atoms with Gasteiger partial charge in [0.2, 0.25) is 0 Å². The van der Waals surface area contributed by atoms with Crippen LogP contribution in [0.3, 0.4) is 0 Å². The van der Waals surface area contributed by atoms with Crippen molar-refractivity contribution in [2.75, 3.05) is 10.6 Å². The first-order chi connectivity index (χ1) is 16.1. The Morgan fingerprint density at radius 3 is 2.52 bits per heavy atom. The van der Waals surface area contributed by atoms with Gasteiger partial charge in [0, 0.05) is 34.9 Å². The molecule has 0 saturated carbocycles. The molecule has 0 saturated heterocycles. The zero-order valence-corrected chi connectivity index (χ0v) is 18.1. The zero-order valence-electron chi connectivity index (χ0n) is 18.1. The maximum absolute atomic E-state index is 12.5. The van der Waals surface area contributed by atoms with E-state index in [1.54, 1.807) is 16.9 Å². The number of aromatic nitrogens is 5. The molecule has 8 heteroatoms. The second kappa shape index (κ2) is 8.51. The lowest BCUT2D eigenvalue weighted by Gasteiger charge is -2.11. The summed E-state index contributed by atoms with van der Waals surface area (Å²) in [4.78, 5) is 16.6. The number of aryl methyl sites for hydroxylation is 2. The van der Waals surface area contributed by atoms with Gasteiger partial charge in [-0.05, 0) is 61.9 Å². The molecular weight excluding hydrogens is 414 g/mol. The van der Waals surface area contributed by atoms with Gasteiger partial charge in [-0.3, -0.25) is 4.98 Å². The number of fused-ring (bicyclic) bond motifs is 1. The highest BCUT2D eigenvalue weighted by Crippen LogP contribution is 2.24. The van der Waals surface area contributed by atoms with Crippen molar-refractivity contribution in [2.45, 2.75) is 13.8 Å². The van der Waals surface area contributed by atoms with Crippen LogP contribution in [0.4, 0.5) is 16.2 Å². The van der Waals surface area contributed by atoms with Crippen LogP contribution in [0.5, 0.6) is 0 Å². The van der Waals surface area contributed by atoms with Crippen molar-refractivity contribution in [1.82, 2.24) is 24.8 Å². The Labute approximate surface area is 190 Å². The van der Waals surface area contributed by atoms with Crippen LogP contribution in [-0.2, 0) is 0 Å². The van der Waals surface area contributed by atoms with Crippen LogP contribution < -0.4 is 10.6 Å². The topological polar surface area (TPSA) is 97.1 Å². The number of nitrogens with one attached hydrogen (secondary N) is 2. The fourth-order valence-electron chi connectivity index (χ4n) is 3.62. The number of urea groups is 1. The van der Waals surface area contributed by atoms with Crippen LogP contribution >= 0.6 is 0 Å². The second-order valence-corrected chi connectivity index (χ2v) is 7.73. The van der Waals surface area contributed by atoms with Crippen LogP contribution in [0.2, 0.25) is 0 Å². The van der Waals surface area contributed by atoms with Gasteiger partial charge in [0.1, 0.15) is 0 Å². The van der Waals surface area contributed by atoms with Crippen LogP contribution in [0.15, 0.2) is 79.1 Å². The predicted octanol–water partition coefficient (Wildman–Crippen LogP) is 5.11. The summed E-state index contributed by atoms with van der Waals surface area (Å²) in [5.74, 6) is 0.636. The molecule has 2 aromatic carbocycles.